The fraction of sp³-hybridized carbons (Fsp3) is 0. The van der Waals surface area contributed by atoms with E-state index in [-0.39, 0.29) is 5.56 Å². The van der Waals surface area contributed by atoms with Crippen LogP contribution in [0.5, 0.6) is 0 Å². The van der Waals surface area contributed by atoms with Crippen LogP contribution in [0.15, 0.2) is 41.3 Å². The van der Waals surface area contributed by atoms with Crippen molar-refractivity contribution in [3.05, 3.63) is 56.9 Å². The van der Waals surface area contributed by atoms with Crippen molar-refractivity contribution in [3.63, 3.8) is 0 Å². The van der Waals surface area contributed by atoms with Gasteiger partial charge < -0.3 is 4.98 Å². The summed E-state index contributed by atoms with van der Waals surface area (Å²) in [5.74, 6) is 0. The van der Waals surface area contributed by atoms with Crippen LogP contribution in [-0.2, 0) is 0 Å². The van der Waals surface area contributed by atoms with Gasteiger partial charge in [0.1, 0.15) is 0 Å². The van der Waals surface area contributed by atoms with Crippen LogP contribution >= 0.6 is 23.2 Å². The van der Waals surface area contributed by atoms with E-state index in [9.17, 15) is 4.79 Å². The topological polar surface area (TPSA) is 32.9 Å². The molecular weight excluding hydrogens is 233 g/mol. The quantitative estimate of drug-likeness (QED) is 0.814. The molecule has 1 heterocycles. The molecule has 76 valence electrons. The first kappa shape index (κ1) is 10.3. The molecule has 2 rings (SSSR count). The number of H-pyrrole nitrogens is 1. The third kappa shape index (κ3) is 2.22. The highest BCUT2D eigenvalue weighted by Gasteiger charge is 2.01. The molecule has 1 N–H and O–H groups in total. The second kappa shape index (κ2) is 4.09. The van der Waals surface area contributed by atoms with Gasteiger partial charge in [-0.3, -0.25) is 4.79 Å². The second-order valence-electron chi connectivity index (χ2n) is 3.07. The number of aromatic amines is 1. The van der Waals surface area contributed by atoms with Crippen LogP contribution in [0.3, 0.4) is 0 Å². The highest BCUT2D eigenvalue weighted by Crippen LogP contribution is 2.27. The average Bonchev–Trinajstić information content (AvgIpc) is 2.23. The average molecular weight is 240 g/mol. The maximum Gasteiger partial charge on any atom is 0.247 e. The highest BCUT2D eigenvalue weighted by molar-refractivity contribution is 6.42. The Kier molecular flexibility index (Phi) is 2.80. The molecule has 0 spiro atoms. The Labute approximate surface area is 96.5 Å². The zero-order valence-electron chi connectivity index (χ0n) is 7.63. The van der Waals surface area contributed by atoms with Gasteiger partial charge in [0, 0.05) is 12.3 Å². The van der Waals surface area contributed by atoms with Crippen molar-refractivity contribution in [1.29, 1.82) is 0 Å². The Hall–Kier alpha value is -1.25. The maximum absolute atomic E-state index is 10.9. The van der Waals surface area contributed by atoms with Crippen LogP contribution in [0.4, 0.5) is 0 Å². The number of rotatable bonds is 1. The van der Waals surface area contributed by atoms with E-state index in [1.807, 2.05) is 6.07 Å². The van der Waals surface area contributed by atoms with Crippen molar-refractivity contribution < 1.29 is 0 Å². The third-order valence-corrected chi connectivity index (χ3v) is 2.78. The van der Waals surface area contributed by atoms with Gasteiger partial charge in [0.15, 0.2) is 0 Å². The Morgan fingerprint density at radius 2 is 1.67 bits per heavy atom. The molecule has 0 amide bonds. The van der Waals surface area contributed by atoms with Crippen molar-refractivity contribution in [3.8, 4) is 11.1 Å². The Morgan fingerprint density at radius 1 is 0.933 bits per heavy atom. The van der Waals surface area contributed by atoms with Gasteiger partial charge in [-0.1, -0.05) is 29.3 Å². The van der Waals surface area contributed by atoms with E-state index in [4.69, 9.17) is 23.2 Å². The van der Waals surface area contributed by atoms with Crippen LogP contribution in [0, 0.1) is 0 Å². The molecule has 0 radical (unpaired) electrons. The van der Waals surface area contributed by atoms with Gasteiger partial charge in [-0.25, -0.2) is 0 Å². The summed E-state index contributed by atoms with van der Waals surface area (Å²) in [6, 6.07) is 8.54. The molecule has 0 aliphatic heterocycles. The summed E-state index contributed by atoms with van der Waals surface area (Å²) >= 11 is 11.7. The Morgan fingerprint density at radius 3 is 2.27 bits per heavy atom. The zero-order valence-corrected chi connectivity index (χ0v) is 9.14. The lowest BCUT2D eigenvalue weighted by Crippen LogP contribution is -2.01. The number of benzene rings is 1. The first-order valence-corrected chi connectivity index (χ1v) is 5.06. The lowest BCUT2D eigenvalue weighted by Gasteiger charge is -2.02. The molecule has 0 aliphatic carbocycles. The SMILES string of the molecule is O=c1ccc(-c2ccc(Cl)c(Cl)c2)c[nH]1. The number of hydrogen-bond donors (Lipinski definition) is 1. The fourth-order valence-corrected chi connectivity index (χ4v) is 1.56. The largest absolute Gasteiger partial charge is 0.328 e. The number of nitrogens with one attached hydrogen (secondary N) is 1. The van der Waals surface area contributed by atoms with Crippen LogP contribution in [0.2, 0.25) is 10.0 Å². The van der Waals surface area contributed by atoms with Gasteiger partial charge in [-0.2, -0.15) is 0 Å². The molecule has 0 atom stereocenters. The molecule has 2 nitrogen and oxygen atoms in total. The van der Waals surface area contributed by atoms with Crippen LogP contribution in [0.25, 0.3) is 11.1 Å². The molecule has 1 aromatic carbocycles. The van der Waals surface area contributed by atoms with Crippen molar-refractivity contribution in [2.75, 3.05) is 0 Å². The van der Waals surface area contributed by atoms with Gasteiger partial charge in [-0.15, -0.1) is 0 Å². The summed E-state index contributed by atoms with van der Waals surface area (Å²) in [5.41, 5.74) is 1.69. The monoisotopic (exact) mass is 239 g/mol. The first-order valence-electron chi connectivity index (χ1n) is 4.31. The standard InChI is InChI=1S/C11H7Cl2NO/c12-9-3-1-7(5-10(9)13)8-2-4-11(15)14-6-8/h1-6H,(H,14,15). The lowest BCUT2D eigenvalue weighted by molar-refractivity contribution is 1.24. The number of halogens is 2. The van der Waals surface area contributed by atoms with Gasteiger partial charge in [0.05, 0.1) is 10.0 Å². The molecule has 1 aromatic heterocycles. The van der Waals surface area contributed by atoms with Crippen molar-refractivity contribution in [2.24, 2.45) is 0 Å². The van der Waals surface area contributed by atoms with Gasteiger partial charge in [-0.05, 0) is 29.3 Å². The molecular formula is C11H7Cl2NO. The highest BCUT2D eigenvalue weighted by atomic mass is 35.5. The molecule has 0 bridgehead atoms. The molecule has 0 saturated carbocycles. The number of aromatic nitrogens is 1. The van der Waals surface area contributed by atoms with E-state index in [1.54, 1.807) is 24.4 Å². The number of hydrogen-bond acceptors (Lipinski definition) is 1. The minimum atomic E-state index is -0.126. The summed E-state index contributed by atoms with van der Waals surface area (Å²) < 4.78 is 0. The predicted octanol–water partition coefficient (Wildman–Crippen LogP) is 3.35. The molecule has 0 unspecified atom stereocenters. The van der Waals surface area contributed by atoms with Crippen molar-refractivity contribution >= 4 is 23.2 Å². The van der Waals surface area contributed by atoms with Crippen LogP contribution < -0.4 is 5.56 Å². The first-order chi connectivity index (χ1) is 7.16. The summed E-state index contributed by atoms with van der Waals surface area (Å²) in [6.45, 7) is 0. The zero-order chi connectivity index (χ0) is 10.8. The summed E-state index contributed by atoms with van der Waals surface area (Å²) in [6.07, 6.45) is 1.64. The van der Waals surface area contributed by atoms with Gasteiger partial charge >= 0.3 is 0 Å². The van der Waals surface area contributed by atoms with E-state index in [0.29, 0.717) is 10.0 Å². The van der Waals surface area contributed by atoms with Crippen LogP contribution in [0.1, 0.15) is 0 Å². The van der Waals surface area contributed by atoms with Crippen molar-refractivity contribution in [2.45, 2.75) is 0 Å². The van der Waals surface area contributed by atoms with E-state index in [2.05, 4.69) is 4.98 Å². The summed E-state index contributed by atoms with van der Waals surface area (Å²) in [7, 11) is 0. The Bertz CT molecular complexity index is 528. The number of pyridine rings is 1. The van der Waals surface area contributed by atoms with E-state index < -0.39 is 0 Å². The van der Waals surface area contributed by atoms with Crippen LogP contribution in [-0.4, -0.2) is 4.98 Å². The molecule has 4 heteroatoms. The van der Waals surface area contributed by atoms with Crippen molar-refractivity contribution in [1.82, 2.24) is 4.98 Å². The normalized spacial score (nSPS) is 10.3. The molecule has 2 aromatic rings. The molecule has 0 aliphatic rings. The second-order valence-corrected chi connectivity index (χ2v) is 3.88. The molecule has 15 heavy (non-hydrogen) atoms. The van der Waals surface area contributed by atoms with E-state index in [0.717, 1.165) is 11.1 Å². The summed E-state index contributed by atoms with van der Waals surface area (Å²) in [4.78, 5) is 13.5. The summed E-state index contributed by atoms with van der Waals surface area (Å²) in [5, 5.41) is 1.02. The third-order valence-electron chi connectivity index (χ3n) is 2.04. The van der Waals surface area contributed by atoms with E-state index in [1.165, 1.54) is 6.07 Å². The smallest absolute Gasteiger partial charge is 0.247 e. The molecule has 0 saturated heterocycles. The van der Waals surface area contributed by atoms with Gasteiger partial charge in [0.25, 0.3) is 0 Å². The maximum atomic E-state index is 10.9. The van der Waals surface area contributed by atoms with E-state index >= 15 is 0 Å². The minimum absolute atomic E-state index is 0.126. The fourth-order valence-electron chi connectivity index (χ4n) is 1.27. The van der Waals surface area contributed by atoms with Gasteiger partial charge in [0.2, 0.25) is 5.56 Å². The minimum Gasteiger partial charge on any atom is -0.328 e. The Balaban J connectivity index is 2.50. The predicted molar refractivity (Wildman–Crippen MR) is 62.5 cm³/mol. The molecule has 0 fully saturated rings. The lowest BCUT2D eigenvalue weighted by atomic mass is 10.1.